The second-order valence-corrected chi connectivity index (χ2v) is 7.08. The van der Waals surface area contributed by atoms with E-state index in [1.54, 1.807) is 6.92 Å². The van der Waals surface area contributed by atoms with E-state index in [4.69, 9.17) is 4.74 Å². The Morgan fingerprint density at radius 3 is 2.33 bits per heavy atom. The summed E-state index contributed by atoms with van der Waals surface area (Å²) in [5, 5.41) is 2.97. The molecule has 0 bridgehead atoms. The number of rotatable bonds is 9. The number of hydrogen-bond acceptors (Lipinski definition) is 4. The average Bonchev–Trinajstić information content (AvgIpc) is 2.43. The number of halogens is 2. The molecule has 0 amide bonds. The summed E-state index contributed by atoms with van der Waals surface area (Å²) in [4.78, 5) is 0. The van der Waals surface area contributed by atoms with Crippen LogP contribution in [0, 0.1) is 11.6 Å². The topological polar surface area (TPSA) is 55.4 Å². The zero-order chi connectivity index (χ0) is 15.9. The van der Waals surface area contributed by atoms with E-state index in [2.05, 4.69) is 5.32 Å². The van der Waals surface area contributed by atoms with Crippen molar-refractivity contribution in [1.29, 1.82) is 0 Å². The molecule has 0 saturated carbocycles. The average molecular weight is 321 g/mol. The maximum absolute atomic E-state index is 13.8. The molecule has 7 heteroatoms. The highest BCUT2D eigenvalue weighted by Crippen LogP contribution is 2.23. The first-order valence-corrected chi connectivity index (χ1v) is 8.73. The number of ether oxygens (including phenoxy) is 1. The first-order valence-electron chi connectivity index (χ1n) is 6.91. The largest absolute Gasteiger partial charge is 0.488 e. The predicted octanol–water partition coefficient (Wildman–Crippen LogP) is 2.28. The van der Waals surface area contributed by atoms with Crippen molar-refractivity contribution in [3.8, 4) is 5.75 Å². The van der Waals surface area contributed by atoms with Crippen LogP contribution in [0.5, 0.6) is 5.75 Å². The number of benzene rings is 1. The van der Waals surface area contributed by atoms with E-state index in [-0.39, 0.29) is 24.5 Å². The van der Waals surface area contributed by atoms with E-state index in [0.717, 1.165) is 0 Å². The lowest BCUT2D eigenvalue weighted by atomic mass is 10.2. The van der Waals surface area contributed by atoms with Crippen LogP contribution in [0.25, 0.3) is 0 Å². The molecule has 0 fully saturated rings. The molecule has 0 saturated heterocycles. The van der Waals surface area contributed by atoms with Gasteiger partial charge in [-0.3, -0.25) is 0 Å². The summed E-state index contributed by atoms with van der Waals surface area (Å²) in [7, 11) is -3.09. The minimum absolute atomic E-state index is 0.0420. The van der Waals surface area contributed by atoms with Crippen molar-refractivity contribution in [2.45, 2.75) is 26.8 Å². The molecule has 0 radical (unpaired) electrons. The molecule has 1 N–H and O–H groups in total. The fraction of sp³-hybridized carbons (Fsp3) is 0.571. The summed E-state index contributed by atoms with van der Waals surface area (Å²) < 4.78 is 55.1. The molecule has 0 aromatic heterocycles. The molecule has 0 spiro atoms. The van der Waals surface area contributed by atoms with Crippen molar-refractivity contribution in [3.05, 3.63) is 29.3 Å². The van der Waals surface area contributed by atoms with Crippen LogP contribution in [-0.4, -0.2) is 33.1 Å². The molecule has 1 rings (SSSR count). The Kier molecular flexibility index (Phi) is 7.04. The van der Waals surface area contributed by atoms with Crippen LogP contribution in [0.1, 0.15) is 25.8 Å². The van der Waals surface area contributed by atoms with Crippen LogP contribution < -0.4 is 10.1 Å². The van der Waals surface area contributed by atoms with Gasteiger partial charge in [0.05, 0.1) is 12.4 Å². The smallest absolute Gasteiger partial charge is 0.190 e. The lowest BCUT2D eigenvalue weighted by Gasteiger charge is -2.10. The van der Waals surface area contributed by atoms with Gasteiger partial charge in [-0.05, 0) is 30.7 Å². The van der Waals surface area contributed by atoms with Gasteiger partial charge in [0.1, 0.15) is 9.84 Å². The van der Waals surface area contributed by atoms with Gasteiger partial charge in [-0.2, -0.15) is 0 Å². The van der Waals surface area contributed by atoms with E-state index in [0.29, 0.717) is 18.7 Å². The molecule has 0 aliphatic heterocycles. The maximum Gasteiger partial charge on any atom is 0.190 e. The van der Waals surface area contributed by atoms with Gasteiger partial charge in [0.2, 0.25) is 0 Å². The van der Waals surface area contributed by atoms with Crippen molar-refractivity contribution in [1.82, 2.24) is 5.32 Å². The Labute approximate surface area is 124 Å². The van der Waals surface area contributed by atoms with Crippen molar-refractivity contribution < 1.29 is 21.9 Å². The Morgan fingerprint density at radius 2 is 1.81 bits per heavy atom. The maximum atomic E-state index is 13.8. The fourth-order valence-electron chi connectivity index (χ4n) is 1.72. The lowest BCUT2D eigenvalue weighted by molar-refractivity contribution is 0.285. The predicted molar refractivity (Wildman–Crippen MR) is 78.2 cm³/mol. The molecule has 1 aromatic carbocycles. The number of nitrogens with one attached hydrogen (secondary N) is 1. The molecule has 120 valence electrons. The lowest BCUT2D eigenvalue weighted by Crippen LogP contribution is -2.14. The van der Waals surface area contributed by atoms with Crippen LogP contribution in [0.3, 0.4) is 0 Å². The second-order valence-electron chi connectivity index (χ2n) is 4.61. The van der Waals surface area contributed by atoms with Crippen molar-refractivity contribution in [2.24, 2.45) is 0 Å². The zero-order valence-electron chi connectivity index (χ0n) is 12.3. The summed E-state index contributed by atoms with van der Waals surface area (Å²) in [5.74, 6) is -2.01. The second kappa shape index (κ2) is 8.29. The Balaban J connectivity index is 2.59. The molecule has 1 aromatic rings. The van der Waals surface area contributed by atoms with Gasteiger partial charge in [-0.15, -0.1) is 0 Å². The molecular formula is C14H21F2NO3S. The molecule has 21 heavy (non-hydrogen) atoms. The summed E-state index contributed by atoms with van der Waals surface area (Å²) in [6, 6.07) is 2.42. The van der Waals surface area contributed by atoms with Crippen LogP contribution in [0.4, 0.5) is 8.78 Å². The summed E-state index contributed by atoms with van der Waals surface area (Å²) in [6.45, 7) is 4.49. The van der Waals surface area contributed by atoms with Crippen LogP contribution >= 0.6 is 0 Å². The third-order valence-electron chi connectivity index (χ3n) is 2.92. The molecule has 0 unspecified atom stereocenters. The van der Waals surface area contributed by atoms with Gasteiger partial charge in [0, 0.05) is 12.3 Å². The Hall–Kier alpha value is -1.21. The molecule has 0 aliphatic rings. The van der Waals surface area contributed by atoms with Crippen molar-refractivity contribution >= 4 is 9.84 Å². The first-order chi connectivity index (χ1) is 9.89. The molecule has 0 heterocycles. The van der Waals surface area contributed by atoms with E-state index in [1.807, 2.05) is 6.92 Å². The summed E-state index contributed by atoms with van der Waals surface area (Å²) in [6.07, 6.45) is 0.203. The molecular weight excluding hydrogens is 300 g/mol. The van der Waals surface area contributed by atoms with Gasteiger partial charge >= 0.3 is 0 Å². The summed E-state index contributed by atoms with van der Waals surface area (Å²) in [5.41, 5.74) is 0.493. The van der Waals surface area contributed by atoms with Crippen LogP contribution in [0.2, 0.25) is 0 Å². The quantitative estimate of drug-likeness (QED) is 0.709. The van der Waals surface area contributed by atoms with E-state index >= 15 is 0 Å². The SMILES string of the molecule is CCNCc1cc(F)c(OCCCS(=O)(=O)CC)c(F)c1. The number of hydrogen-bond donors (Lipinski definition) is 1. The third-order valence-corrected chi connectivity index (χ3v) is 4.71. The highest BCUT2D eigenvalue weighted by molar-refractivity contribution is 7.91. The van der Waals surface area contributed by atoms with Gasteiger partial charge in [-0.1, -0.05) is 13.8 Å². The minimum Gasteiger partial charge on any atom is -0.488 e. The summed E-state index contributed by atoms with van der Waals surface area (Å²) >= 11 is 0. The fourth-order valence-corrected chi connectivity index (χ4v) is 2.57. The zero-order valence-corrected chi connectivity index (χ0v) is 13.1. The van der Waals surface area contributed by atoms with Crippen LogP contribution in [-0.2, 0) is 16.4 Å². The minimum atomic E-state index is -3.09. The third kappa shape index (κ3) is 5.97. The highest BCUT2D eigenvalue weighted by atomic mass is 32.2. The van der Waals surface area contributed by atoms with E-state index in [1.165, 1.54) is 12.1 Å². The van der Waals surface area contributed by atoms with Gasteiger partial charge < -0.3 is 10.1 Å². The van der Waals surface area contributed by atoms with Crippen molar-refractivity contribution in [3.63, 3.8) is 0 Å². The molecule has 0 aliphatic carbocycles. The first kappa shape index (κ1) is 17.8. The van der Waals surface area contributed by atoms with E-state index in [9.17, 15) is 17.2 Å². The van der Waals surface area contributed by atoms with Gasteiger partial charge in [-0.25, -0.2) is 17.2 Å². The number of sulfone groups is 1. The normalized spacial score (nSPS) is 11.6. The highest BCUT2D eigenvalue weighted by Gasteiger charge is 2.13. The Bertz CT molecular complexity index is 538. The monoisotopic (exact) mass is 321 g/mol. The molecule has 0 atom stereocenters. The van der Waals surface area contributed by atoms with E-state index < -0.39 is 27.2 Å². The standard InChI is InChI=1S/C14H21F2NO3S/c1-3-17-10-11-8-12(15)14(13(16)9-11)20-6-5-7-21(18,19)4-2/h8-9,17H,3-7,10H2,1-2H3. The van der Waals surface area contributed by atoms with Crippen molar-refractivity contribution in [2.75, 3.05) is 24.7 Å². The van der Waals surface area contributed by atoms with Gasteiger partial charge in [0.25, 0.3) is 0 Å². The Morgan fingerprint density at radius 1 is 1.19 bits per heavy atom. The molecule has 4 nitrogen and oxygen atoms in total. The van der Waals surface area contributed by atoms with Gasteiger partial charge in [0.15, 0.2) is 17.4 Å². The van der Waals surface area contributed by atoms with Crippen LogP contribution in [0.15, 0.2) is 12.1 Å².